The molecular weight excluding hydrogens is 455 g/mol. The van der Waals surface area contributed by atoms with Crippen LogP contribution in [-0.2, 0) is 11.0 Å². The molecule has 3 rings (SSSR count). The summed E-state index contributed by atoms with van der Waals surface area (Å²) in [5.41, 5.74) is 5.48. The largest absolute Gasteiger partial charge is 0.491 e. The van der Waals surface area contributed by atoms with Crippen molar-refractivity contribution in [3.8, 4) is 16.9 Å². The SMILES string of the molecule is CC(C)C[C@](C)(N)COc1ccc(-c2ccnc(NC(=O)CC3CCCCC3)c2)cc1C(F)(F)F. The predicted molar refractivity (Wildman–Crippen MR) is 132 cm³/mol. The molecular formula is C27H36F3N3O2. The van der Waals surface area contributed by atoms with Gasteiger partial charge in [-0.2, -0.15) is 13.2 Å². The Morgan fingerprint density at radius 2 is 1.83 bits per heavy atom. The third-order valence-corrected chi connectivity index (χ3v) is 6.28. The number of hydrogen-bond donors (Lipinski definition) is 2. The van der Waals surface area contributed by atoms with Gasteiger partial charge in [-0.05, 0) is 73.4 Å². The number of rotatable bonds is 9. The van der Waals surface area contributed by atoms with Crippen molar-refractivity contribution in [1.29, 1.82) is 0 Å². The average Bonchev–Trinajstić information content (AvgIpc) is 2.77. The molecule has 192 valence electrons. The van der Waals surface area contributed by atoms with Crippen molar-refractivity contribution in [3.05, 3.63) is 42.1 Å². The summed E-state index contributed by atoms with van der Waals surface area (Å²) in [4.78, 5) is 16.6. The van der Waals surface area contributed by atoms with Gasteiger partial charge in [0.2, 0.25) is 5.91 Å². The second-order valence-electron chi connectivity index (χ2n) is 10.4. The Labute approximate surface area is 205 Å². The lowest BCUT2D eigenvalue weighted by Crippen LogP contribution is -2.43. The number of anilines is 1. The Morgan fingerprint density at radius 1 is 1.14 bits per heavy atom. The maximum absolute atomic E-state index is 13.9. The lowest BCUT2D eigenvalue weighted by atomic mass is 9.87. The van der Waals surface area contributed by atoms with Gasteiger partial charge in [-0.25, -0.2) is 4.98 Å². The van der Waals surface area contributed by atoms with Crippen LogP contribution in [0.2, 0.25) is 0 Å². The number of hydrogen-bond acceptors (Lipinski definition) is 4. The van der Waals surface area contributed by atoms with E-state index in [4.69, 9.17) is 10.5 Å². The molecule has 3 N–H and O–H groups in total. The van der Waals surface area contributed by atoms with Gasteiger partial charge in [0.1, 0.15) is 18.2 Å². The molecule has 0 spiro atoms. The van der Waals surface area contributed by atoms with Crippen molar-refractivity contribution in [3.63, 3.8) is 0 Å². The molecule has 1 saturated carbocycles. The monoisotopic (exact) mass is 491 g/mol. The van der Waals surface area contributed by atoms with E-state index >= 15 is 0 Å². The number of aromatic nitrogens is 1. The van der Waals surface area contributed by atoms with E-state index in [0.29, 0.717) is 41.6 Å². The Bertz CT molecular complexity index is 999. The molecule has 1 aliphatic rings. The number of amides is 1. The first-order valence-electron chi connectivity index (χ1n) is 12.3. The zero-order chi connectivity index (χ0) is 25.6. The maximum Gasteiger partial charge on any atom is 0.419 e. The fraction of sp³-hybridized carbons (Fsp3) is 0.556. The third kappa shape index (κ3) is 8.23. The molecule has 1 amide bonds. The standard InChI is InChI=1S/C27H36F3N3O2/c1-18(2)16-26(3,31)17-35-23-10-9-20(14-22(23)27(28,29)30)21-11-12-32-24(15-21)33-25(34)13-19-7-5-4-6-8-19/h9-12,14-15,18-19H,4-8,13,16-17,31H2,1-3H3,(H,32,33,34)/t26-/m0/s1. The van der Waals surface area contributed by atoms with Crippen LogP contribution in [0.25, 0.3) is 11.1 Å². The molecule has 2 aromatic rings. The molecule has 1 heterocycles. The van der Waals surface area contributed by atoms with Crippen LogP contribution in [-0.4, -0.2) is 23.0 Å². The minimum absolute atomic E-state index is 0.0277. The summed E-state index contributed by atoms with van der Waals surface area (Å²) >= 11 is 0. The number of nitrogens with one attached hydrogen (secondary N) is 1. The molecule has 0 unspecified atom stereocenters. The van der Waals surface area contributed by atoms with E-state index < -0.39 is 17.3 Å². The molecule has 35 heavy (non-hydrogen) atoms. The summed E-state index contributed by atoms with van der Waals surface area (Å²) < 4.78 is 47.2. The van der Waals surface area contributed by atoms with Crippen LogP contribution in [0.15, 0.2) is 36.5 Å². The normalized spacial score (nSPS) is 16.7. The second kappa shape index (κ2) is 11.4. The smallest absolute Gasteiger partial charge is 0.419 e. The fourth-order valence-electron chi connectivity index (χ4n) is 4.82. The third-order valence-electron chi connectivity index (χ3n) is 6.28. The average molecular weight is 492 g/mol. The minimum Gasteiger partial charge on any atom is -0.491 e. The molecule has 1 aliphatic carbocycles. The number of carbonyl (C=O) groups is 1. The van der Waals surface area contributed by atoms with Crippen LogP contribution in [0.4, 0.5) is 19.0 Å². The summed E-state index contributed by atoms with van der Waals surface area (Å²) in [6, 6.07) is 7.17. The van der Waals surface area contributed by atoms with Crippen LogP contribution < -0.4 is 15.8 Å². The van der Waals surface area contributed by atoms with Crippen LogP contribution in [0.3, 0.4) is 0 Å². The Morgan fingerprint density at radius 3 is 2.49 bits per heavy atom. The maximum atomic E-state index is 13.9. The Hall–Kier alpha value is -2.61. The van der Waals surface area contributed by atoms with Crippen LogP contribution in [0.1, 0.15) is 71.3 Å². The van der Waals surface area contributed by atoms with Crippen molar-refractivity contribution in [2.75, 3.05) is 11.9 Å². The Kier molecular flexibility index (Phi) is 8.80. The summed E-state index contributed by atoms with van der Waals surface area (Å²) in [5, 5.41) is 2.80. The summed E-state index contributed by atoms with van der Waals surface area (Å²) in [5.74, 6) is 0.626. The summed E-state index contributed by atoms with van der Waals surface area (Å²) in [6.07, 6.45) is 3.56. The molecule has 0 saturated heterocycles. The number of nitrogens with two attached hydrogens (primary N) is 1. The fourth-order valence-corrected chi connectivity index (χ4v) is 4.82. The van der Waals surface area contributed by atoms with E-state index in [0.717, 1.165) is 31.7 Å². The topological polar surface area (TPSA) is 77.2 Å². The quantitative estimate of drug-likeness (QED) is 0.404. The van der Waals surface area contributed by atoms with Crippen LogP contribution in [0, 0.1) is 11.8 Å². The first-order chi connectivity index (χ1) is 16.4. The van der Waals surface area contributed by atoms with Gasteiger partial charge in [0.05, 0.1) is 5.56 Å². The molecule has 1 fully saturated rings. The van der Waals surface area contributed by atoms with E-state index in [2.05, 4.69) is 10.3 Å². The molecule has 1 atom stereocenters. The van der Waals surface area contributed by atoms with Gasteiger partial charge in [-0.3, -0.25) is 4.79 Å². The Balaban J connectivity index is 1.76. The van der Waals surface area contributed by atoms with Crippen molar-refractivity contribution in [2.45, 2.75) is 77.4 Å². The van der Waals surface area contributed by atoms with Crippen molar-refractivity contribution in [1.82, 2.24) is 4.98 Å². The van der Waals surface area contributed by atoms with Crippen molar-refractivity contribution >= 4 is 11.7 Å². The van der Waals surface area contributed by atoms with Gasteiger partial charge < -0.3 is 15.8 Å². The van der Waals surface area contributed by atoms with Crippen molar-refractivity contribution < 1.29 is 22.7 Å². The molecule has 5 nitrogen and oxygen atoms in total. The number of pyridine rings is 1. The van der Waals surface area contributed by atoms with Crippen LogP contribution >= 0.6 is 0 Å². The molecule has 1 aromatic carbocycles. The predicted octanol–water partition coefficient (Wildman–Crippen LogP) is 6.82. The van der Waals surface area contributed by atoms with Gasteiger partial charge >= 0.3 is 6.18 Å². The first kappa shape index (κ1) is 27.0. The van der Waals surface area contributed by atoms with E-state index in [-0.39, 0.29) is 18.3 Å². The lowest BCUT2D eigenvalue weighted by molar-refractivity contribution is -0.139. The molecule has 0 radical (unpaired) electrons. The zero-order valence-electron chi connectivity index (χ0n) is 20.8. The second-order valence-corrected chi connectivity index (χ2v) is 10.4. The first-order valence-corrected chi connectivity index (χ1v) is 12.3. The number of alkyl halides is 3. The molecule has 0 aliphatic heterocycles. The van der Waals surface area contributed by atoms with E-state index in [9.17, 15) is 18.0 Å². The van der Waals surface area contributed by atoms with Crippen LogP contribution in [0.5, 0.6) is 5.75 Å². The van der Waals surface area contributed by atoms with E-state index in [1.807, 2.05) is 13.8 Å². The number of nitrogens with zero attached hydrogens (tertiary/aromatic N) is 1. The number of halogens is 3. The molecule has 0 bridgehead atoms. The highest BCUT2D eigenvalue weighted by molar-refractivity contribution is 5.90. The molecule has 8 heteroatoms. The highest BCUT2D eigenvalue weighted by Crippen LogP contribution is 2.39. The van der Waals surface area contributed by atoms with E-state index in [1.54, 1.807) is 25.1 Å². The number of carbonyl (C=O) groups excluding carboxylic acids is 1. The number of ether oxygens (including phenoxy) is 1. The minimum atomic E-state index is -4.60. The molecule has 1 aromatic heterocycles. The highest BCUT2D eigenvalue weighted by atomic mass is 19.4. The number of benzene rings is 1. The van der Waals surface area contributed by atoms with Crippen molar-refractivity contribution in [2.24, 2.45) is 17.6 Å². The van der Waals surface area contributed by atoms with Gasteiger partial charge in [-0.1, -0.05) is 39.2 Å². The highest BCUT2D eigenvalue weighted by Gasteiger charge is 2.35. The summed E-state index contributed by atoms with van der Waals surface area (Å²) in [6.45, 7) is 5.75. The van der Waals surface area contributed by atoms with E-state index in [1.165, 1.54) is 18.7 Å². The zero-order valence-corrected chi connectivity index (χ0v) is 20.8. The van der Waals surface area contributed by atoms with Gasteiger partial charge in [0.25, 0.3) is 0 Å². The van der Waals surface area contributed by atoms with Gasteiger partial charge in [-0.15, -0.1) is 0 Å². The van der Waals surface area contributed by atoms with Gasteiger partial charge in [0, 0.05) is 18.2 Å². The van der Waals surface area contributed by atoms with Gasteiger partial charge in [0.15, 0.2) is 0 Å². The lowest BCUT2D eigenvalue weighted by Gasteiger charge is -2.27. The summed E-state index contributed by atoms with van der Waals surface area (Å²) in [7, 11) is 0.